The van der Waals surface area contributed by atoms with Crippen molar-refractivity contribution in [3.63, 3.8) is 0 Å². The van der Waals surface area contributed by atoms with Crippen LogP contribution in [-0.4, -0.2) is 11.5 Å². The maximum atomic E-state index is 5.69. The van der Waals surface area contributed by atoms with Crippen molar-refractivity contribution >= 4 is 11.3 Å². The topological polar surface area (TPSA) is 34.2 Å². The average molecular weight is 290 g/mol. The molecule has 0 saturated carbocycles. The fraction of sp³-hybridized carbons (Fsp3) is 0.438. The molecule has 1 N–H and O–H groups in total. The minimum absolute atomic E-state index is 0.579. The second-order valence-corrected chi connectivity index (χ2v) is 6.18. The molecule has 20 heavy (non-hydrogen) atoms. The average Bonchev–Trinajstić information content (AvgIpc) is 2.87. The van der Waals surface area contributed by atoms with Crippen LogP contribution in [0.4, 0.5) is 0 Å². The number of hydrogen-bond donors (Lipinski definition) is 1. The van der Waals surface area contributed by atoms with Crippen LogP contribution in [0.15, 0.2) is 35.7 Å². The van der Waals surface area contributed by atoms with Gasteiger partial charge in [0.15, 0.2) is 0 Å². The van der Waals surface area contributed by atoms with Gasteiger partial charge in [0, 0.05) is 11.9 Å². The van der Waals surface area contributed by atoms with Crippen LogP contribution in [-0.2, 0) is 24.5 Å². The molecule has 0 aliphatic heterocycles. The molecular weight excluding hydrogens is 268 g/mol. The fourth-order valence-corrected chi connectivity index (χ4v) is 2.56. The van der Waals surface area contributed by atoms with E-state index < -0.39 is 0 Å². The van der Waals surface area contributed by atoms with Gasteiger partial charge in [0.2, 0.25) is 0 Å². The zero-order valence-electron chi connectivity index (χ0n) is 12.1. The lowest BCUT2D eigenvalue weighted by Crippen LogP contribution is -2.18. The number of nitrogens with one attached hydrogen (secondary N) is 1. The number of benzene rings is 1. The van der Waals surface area contributed by atoms with Gasteiger partial charge in [-0.1, -0.05) is 44.2 Å². The zero-order chi connectivity index (χ0) is 14.2. The maximum Gasteiger partial charge on any atom is 0.107 e. The van der Waals surface area contributed by atoms with Gasteiger partial charge >= 0.3 is 0 Å². The molecule has 0 saturated heterocycles. The van der Waals surface area contributed by atoms with Crippen LogP contribution in [0.3, 0.4) is 0 Å². The van der Waals surface area contributed by atoms with E-state index in [2.05, 4.69) is 41.7 Å². The standard InChI is InChI=1S/C16H22N2OS/c1-13(2)8-17-9-16-18-15(12-20-16)11-19-10-14-6-4-3-5-7-14/h3-7,12-13,17H,8-11H2,1-2H3. The highest BCUT2D eigenvalue weighted by Crippen LogP contribution is 2.11. The highest BCUT2D eigenvalue weighted by Gasteiger charge is 2.03. The van der Waals surface area contributed by atoms with Crippen molar-refractivity contribution in [1.29, 1.82) is 0 Å². The Balaban J connectivity index is 1.70. The SMILES string of the molecule is CC(C)CNCc1nc(COCc2ccccc2)cs1. The molecule has 108 valence electrons. The molecule has 3 nitrogen and oxygen atoms in total. The van der Waals surface area contributed by atoms with Gasteiger partial charge in [-0.05, 0) is 18.0 Å². The molecule has 4 heteroatoms. The van der Waals surface area contributed by atoms with Crippen molar-refractivity contribution in [2.75, 3.05) is 6.54 Å². The minimum Gasteiger partial charge on any atom is -0.370 e. The highest BCUT2D eigenvalue weighted by atomic mass is 32.1. The normalized spacial score (nSPS) is 11.2. The molecule has 0 amide bonds. The molecule has 0 atom stereocenters. The Morgan fingerprint density at radius 1 is 1.20 bits per heavy atom. The smallest absolute Gasteiger partial charge is 0.107 e. The second-order valence-electron chi connectivity index (χ2n) is 5.24. The van der Waals surface area contributed by atoms with Crippen molar-refractivity contribution in [2.24, 2.45) is 5.92 Å². The zero-order valence-corrected chi connectivity index (χ0v) is 13.0. The first-order valence-corrected chi connectivity index (χ1v) is 7.87. The maximum absolute atomic E-state index is 5.69. The predicted octanol–water partition coefficient (Wildman–Crippen LogP) is 3.61. The monoisotopic (exact) mass is 290 g/mol. The van der Waals surface area contributed by atoms with E-state index in [1.807, 2.05) is 18.2 Å². The predicted molar refractivity (Wildman–Crippen MR) is 83.6 cm³/mol. The lowest BCUT2D eigenvalue weighted by Gasteiger charge is -2.04. The van der Waals surface area contributed by atoms with Crippen LogP contribution in [0, 0.1) is 5.92 Å². The number of ether oxygens (including phenoxy) is 1. The number of thiazole rings is 1. The number of rotatable bonds is 8. The first kappa shape index (κ1) is 15.2. The summed E-state index contributed by atoms with van der Waals surface area (Å²) in [5, 5.41) is 6.61. The van der Waals surface area contributed by atoms with Gasteiger partial charge in [-0.15, -0.1) is 11.3 Å². The molecule has 0 spiro atoms. The summed E-state index contributed by atoms with van der Waals surface area (Å²) >= 11 is 1.69. The van der Waals surface area contributed by atoms with Crippen LogP contribution in [0.5, 0.6) is 0 Å². The molecule has 0 fully saturated rings. The van der Waals surface area contributed by atoms with E-state index >= 15 is 0 Å². The van der Waals surface area contributed by atoms with Crippen molar-refractivity contribution in [2.45, 2.75) is 33.6 Å². The fourth-order valence-electron chi connectivity index (χ4n) is 1.81. The summed E-state index contributed by atoms with van der Waals surface area (Å²) < 4.78 is 5.69. The first-order chi connectivity index (χ1) is 9.74. The van der Waals surface area contributed by atoms with E-state index in [0.29, 0.717) is 19.1 Å². The second kappa shape index (κ2) is 8.15. The third kappa shape index (κ3) is 5.41. The van der Waals surface area contributed by atoms with E-state index in [1.165, 1.54) is 5.56 Å². The summed E-state index contributed by atoms with van der Waals surface area (Å²) in [4.78, 5) is 4.57. The first-order valence-electron chi connectivity index (χ1n) is 6.99. The summed E-state index contributed by atoms with van der Waals surface area (Å²) in [6.07, 6.45) is 0. The molecule has 2 rings (SSSR count). The van der Waals surface area contributed by atoms with Crippen molar-refractivity contribution in [1.82, 2.24) is 10.3 Å². The lowest BCUT2D eigenvalue weighted by molar-refractivity contribution is 0.105. The van der Waals surface area contributed by atoms with E-state index in [4.69, 9.17) is 4.74 Å². The number of aromatic nitrogens is 1. The Kier molecular flexibility index (Phi) is 6.18. The van der Waals surface area contributed by atoms with Crippen LogP contribution in [0.1, 0.15) is 30.1 Å². The minimum atomic E-state index is 0.579. The van der Waals surface area contributed by atoms with Crippen molar-refractivity contribution < 1.29 is 4.74 Å². The largest absolute Gasteiger partial charge is 0.370 e. The molecular formula is C16H22N2OS. The molecule has 1 aromatic carbocycles. The summed E-state index contributed by atoms with van der Waals surface area (Å²) in [7, 11) is 0. The van der Waals surface area contributed by atoms with Gasteiger partial charge < -0.3 is 10.1 Å². The third-order valence-corrected chi connectivity index (χ3v) is 3.69. The Morgan fingerprint density at radius 2 is 2.00 bits per heavy atom. The molecule has 0 radical (unpaired) electrons. The van der Waals surface area contributed by atoms with Crippen LogP contribution >= 0.6 is 11.3 Å². The third-order valence-electron chi connectivity index (χ3n) is 2.79. The quantitative estimate of drug-likeness (QED) is 0.806. The summed E-state index contributed by atoms with van der Waals surface area (Å²) in [5.41, 5.74) is 2.22. The van der Waals surface area contributed by atoms with Gasteiger partial charge in [-0.25, -0.2) is 4.98 Å². The molecule has 1 aromatic heterocycles. The van der Waals surface area contributed by atoms with E-state index in [1.54, 1.807) is 11.3 Å². The Morgan fingerprint density at radius 3 is 2.75 bits per heavy atom. The summed E-state index contributed by atoms with van der Waals surface area (Å²) in [5.74, 6) is 0.670. The molecule has 0 unspecified atom stereocenters. The Labute approximate surface area is 125 Å². The van der Waals surface area contributed by atoms with E-state index in [0.717, 1.165) is 23.8 Å². The van der Waals surface area contributed by atoms with Gasteiger partial charge in [0.05, 0.1) is 18.9 Å². The van der Waals surface area contributed by atoms with Gasteiger partial charge in [0.1, 0.15) is 5.01 Å². The lowest BCUT2D eigenvalue weighted by atomic mass is 10.2. The molecule has 1 heterocycles. The molecule has 0 bridgehead atoms. The van der Waals surface area contributed by atoms with E-state index in [9.17, 15) is 0 Å². The van der Waals surface area contributed by atoms with Crippen LogP contribution in [0.25, 0.3) is 0 Å². The van der Waals surface area contributed by atoms with E-state index in [-0.39, 0.29) is 0 Å². The van der Waals surface area contributed by atoms with Crippen molar-refractivity contribution in [3.05, 3.63) is 52.0 Å². The number of hydrogen-bond acceptors (Lipinski definition) is 4. The number of nitrogens with zero attached hydrogens (tertiary/aromatic N) is 1. The van der Waals surface area contributed by atoms with Gasteiger partial charge in [-0.3, -0.25) is 0 Å². The molecule has 0 aliphatic carbocycles. The molecule has 0 aliphatic rings. The summed E-state index contributed by atoms with van der Waals surface area (Å²) in [6.45, 7) is 7.51. The van der Waals surface area contributed by atoms with Crippen molar-refractivity contribution in [3.8, 4) is 0 Å². The Bertz CT molecular complexity index is 496. The highest BCUT2D eigenvalue weighted by molar-refractivity contribution is 7.09. The van der Waals surface area contributed by atoms with Crippen LogP contribution in [0.2, 0.25) is 0 Å². The van der Waals surface area contributed by atoms with Gasteiger partial charge in [-0.2, -0.15) is 0 Å². The van der Waals surface area contributed by atoms with Crippen LogP contribution < -0.4 is 5.32 Å². The summed E-state index contributed by atoms with van der Waals surface area (Å²) in [6, 6.07) is 10.2. The van der Waals surface area contributed by atoms with Gasteiger partial charge in [0.25, 0.3) is 0 Å². The molecule has 2 aromatic rings. The Hall–Kier alpha value is -1.23.